The maximum absolute atomic E-state index is 11.5. The van der Waals surface area contributed by atoms with Crippen molar-refractivity contribution in [2.24, 2.45) is 0 Å². The van der Waals surface area contributed by atoms with Crippen LogP contribution < -0.4 is 5.32 Å². The molecule has 20 heavy (non-hydrogen) atoms. The lowest BCUT2D eigenvalue weighted by Gasteiger charge is -2.22. The standard InChI is InChI=1S/C14H24N2O2S2/c1-11(2)15-8-13-4-5-14(19-13)9-16(3)12-6-7-20(17,18)10-12/h4-5,11-12,15H,6-10H2,1-3H3. The Kier molecular flexibility index (Phi) is 5.23. The van der Waals surface area contributed by atoms with Crippen LogP contribution in [-0.4, -0.2) is 44.0 Å². The van der Waals surface area contributed by atoms with Crippen LogP contribution in [0.3, 0.4) is 0 Å². The first-order valence-electron chi connectivity index (χ1n) is 7.07. The highest BCUT2D eigenvalue weighted by molar-refractivity contribution is 7.91. The minimum absolute atomic E-state index is 0.180. The van der Waals surface area contributed by atoms with Crippen LogP contribution in [0.15, 0.2) is 12.1 Å². The smallest absolute Gasteiger partial charge is 0.151 e. The summed E-state index contributed by atoms with van der Waals surface area (Å²) >= 11 is 1.81. The molecule has 1 N–H and O–H groups in total. The molecule has 1 aromatic rings. The molecule has 0 amide bonds. The predicted octanol–water partition coefficient (Wildman–Crippen LogP) is 1.86. The Morgan fingerprint density at radius 2 is 2.10 bits per heavy atom. The summed E-state index contributed by atoms with van der Waals surface area (Å²) in [6, 6.07) is 4.99. The van der Waals surface area contributed by atoms with Crippen molar-refractivity contribution in [3.63, 3.8) is 0 Å². The largest absolute Gasteiger partial charge is 0.310 e. The summed E-state index contributed by atoms with van der Waals surface area (Å²) in [7, 11) is -0.769. The van der Waals surface area contributed by atoms with Crippen LogP contribution in [0, 0.1) is 0 Å². The van der Waals surface area contributed by atoms with Crippen LogP contribution in [-0.2, 0) is 22.9 Å². The van der Waals surface area contributed by atoms with E-state index in [1.165, 1.54) is 9.75 Å². The van der Waals surface area contributed by atoms with Gasteiger partial charge in [-0.1, -0.05) is 13.8 Å². The highest BCUT2D eigenvalue weighted by atomic mass is 32.2. The quantitative estimate of drug-likeness (QED) is 0.870. The second kappa shape index (κ2) is 6.56. The zero-order valence-electron chi connectivity index (χ0n) is 12.4. The van der Waals surface area contributed by atoms with Crippen LogP contribution in [0.4, 0.5) is 0 Å². The summed E-state index contributed by atoms with van der Waals surface area (Å²) in [5.74, 6) is 0.659. The Bertz CT molecular complexity index is 537. The molecular weight excluding hydrogens is 292 g/mol. The van der Waals surface area contributed by atoms with Gasteiger partial charge in [0, 0.05) is 34.9 Å². The normalized spacial score (nSPS) is 21.9. The van der Waals surface area contributed by atoms with Gasteiger partial charge >= 0.3 is 0 Å². The van der Waals surface area contributed by atoms with E-state index in [0.717, 1.165) is 19.5 Å². The van der Waals surface area contributed by atoms with E-state index in [9.17, 15) is 8.42 Å². The molecule has 2 rings (SSSR count). The van der Waals surface area contributed by atoms with Gasteiger partial charge in [0.05, 0.1) is 11.5 Å². The summed E-state index contributed by atoms with van der Waals surface area (Å²) < 4.78 is 23.0. The van der Waals surface area contributed by atoms with Gasteiger partial charge in [0.1, 0.15) is 0 Å². The van der Waals surface area contributed by atoms with Crippen LogP contribution in [0.25, 0.3) is 0 Å². The molecule has 1 fully saturated rings. The molecule has 0 aliphatic carbocycles. The number of rotatable bonds is 6. The first-order valence-corrected chi connectivity index (χ1v) is 9.71. The van der Waals surface area contributed by atoms with E-state index in [1.54, 1.807) is 0 Å². The zero-order valence-corrected chi connectivity index (χ0v) is 14.1. The van der Waals surface area contributed by atoms with E-state index in [4.69, 9.17) is 0 Å². The average Bonchev–Trinajstić information content (AvgIpc) is 2.93. The van der Waals surface area contributed by atoms with E-state index < -0.39 is 9.84 Å². The minimum Gasteiger partial charge on any atom is -0.310 e. The molecule has 2 heterocycles. The number of thiophene rings is 1. The van der Waals surface area contributed by atoms with Crippen molar-refractivity contribution in [1.82, 2.24) is 10.2 Å². The molecule has 1 saturated heterocycles. The number of hydrogen-bond acceptors (Lipinski definition) is 5. The summed E-state index contributed by atoms with van der Waals surface area (Å²) in [5.41, 5.74) is 0. The topological polar surface area (TPSA) is 49.4 Å². The Hall–Kier alpha value is -0.430. The lowest BCUT2D eigenvalue weighted by molar-refractivity contribution is 0.256. The van der Waals surface area contributed by atoms with Gasteiger partial charge in [0.15, 0.2) is 9.84 Å². The van der Waals surface area contributed by atoms with E-state index in [-0.39, 0.29) is 6.04 Å². The van der Waals surface area contributed by atoms with Crippen molar-refractivity contribution in [2.75, 3.05) is 18.6 Å². The Balaban J connectivity index is 1.87. The molecule has 1 aliphatic heterocycles. The molecule has 0 radical (unpaired) electrons. The van der Waals surface area contributed by atoms with Crippen molar-refractivity contribution < 1.29 is 8.42 Å². The maximum atomic E-state index is 11.5. The van der Waals surface area contributed by atoms with Gasteiger partial charge in [-0.2, -0.15) is 0 Å². The van der Waals surface area contributed by atoms with Crippen LogP contribution >= 0.6 is 11.3 Å². The number of hydrogen-bond donors (Lipinski definition) is 1. The molecule has 1 unspecified atom stereocenters. The van der Waals surface area contributed by atoms with Gasteiger partial charge in [0.2, 0.25) is 0 Å². The van der Waals surface area contributed by atoms with Crippen molar-refractivity contribution in [3.05, 3.63) is 21.9 Å². The second-order valence-electron chi connectivity index (χ2n) is 5.88. The third-order valence-electron chi connectivity index (χ3n) is 3.64. The van der Waals surface area contributed by atoms with E-state index in [0.29, 0.717) is 17.5 Å². The van der Waals surface area contributed by atoms with Crippen molar-refractivity contribution in [3.8, 4) is 0 Å². The predicted molar refractivity (Wildman–Crippen MR) is 84.8 cm³/mol. The first-order chi connectivity index (χ1) is 9.35. The van der Waals surface area contributed by atoms with Crippen LogP contribution in [0.1, 0.15) is 30.0 Å². The summed E-state index contributed by atoms with van der Waals surface area (Å²) in [5, 5.41) is 3.41. The third-order valence-corrected chi connectivity index (χ3v) is 6.46. The molecule has 6 heteroatoms. The molecule has 0 bridgehead atoms. The van der Waals surface area contributed by atoms with E-state index in [2.05, 4.69) is 36.2 Å². The van der Waals surface area contributed by atoms with E-state index in [1.807, 2.05) is 18.4 Å². The summed E-state index contributed by atoms with van der Waals surface area (Å²) in [6.45, 7) is 6.03. The lowest BCUT2D eigenvalue weighted by atomic mass is 10.2. The third kappa shape index (κ3) is 4.55. The molecule has 0 saturated carbocycles. The fourth-order valence-electron chi connectivity index (χ4n) is 2.40. The van der Waals surface area contributed by atoms with Gasteiger partial charge < -0.3 is 5.32 Å². The Morgan fingerprint density at radius 3 is 2.70 bits per heavy atom. The van der Waals surface area contributed by atoms with Crippen LogP contribution in [0.2, 0.25) is 0 Å². The molecule has 114 valence electrons. The fourth-order valence-corrected chi connectivity index (χ4v) is 5.24. The van der Waals surface area contributed by atoms with Crippen molar-refractivity contribution >= 4 is 21.2 Å². The molecule has 1 atom stereocenters. The Morgan fingerprint density at radius 1 is 1.40 bits per heavy atom. The highest BCUT2D eigenvalue weighted by Gasteiger charge is 2.30. The lowest BCUT2D eigenvalue weighted by Crippen LogP contribution is -2.31. The second-order valence-corrected chi connectivity index (χ2v) is 9.36. The molecule has 1 aromatic heterocycles. The number of nitrogens with zero attached hydrogens (tertiary/aromatic N) is 1. The number of nitrogens with one attached hydrogen (secondary N) is 1. The van der Waals surface area contributed by atoms with Gasteiger partial charge in [-0.15, -0.1) is 11.3 Å². The first kappa shape index (κ1) is 15.9. The van der Waals surface area contributed by atoms with Gasteiger partial charge in [-0.25, -0.2) is 8.42 Å². The Labute approximate surface area is 126 Å². The van der Waals surface area contributed by atoms with Gasteiger partial charge in [-0.05, 0) is 25.6 Å². The zero-order chi connectivity index (χ0) is 14.8. The highest BCUT2D eigenvalue weighted by Crippen LogP contribution is 2.22. The molecule has 4 nitrogen and oxygen atoms in total. The van der Waals surface area contributed by atoms with Crippen molar-refractivity contribution in [1.29, 1.82) is 0 Å². The number of sulfone groups is 1. The SMILES string of the molecule is CC(C)NCc1ccc(CN(C)C2CCS(=O)(=O)C2)s1. The van der Waals surface area contributed by atoms with Gasteiger partial charge in [-0.3, -0.25) is 4.90 Å². The maximum Gasteiger partial charge on any atom is 0.151 e. The summed E-state index contributed by atoms with van der Waals surface area (Å²) in [4.78, 5) is 4.81. The molecule has 0 aromatic carbocycles. The molecule has 1 aliphatic rings. The average molecular weight is 316 g/mol. The molecular formula is C14H24N2O2S2. The van der Waals surface area contributed by atoms with Gasteiger partial charge in [0.25, 0.3) is 0 Å². The van der Waals surface area contributed by atoms with Crippen LogP contribution in [0.5, 0.6) is 0 Å². The summed E-state index contributed by atoms with van der Waals surface area (Å²) in [6.07, 6.45) is 0.770. The minimum atomic E-state index is -2.79. The molecule has 0 spiro atoms. The van der Waals surface area contributed by atoms with Crippen molar-refractivity contribution in [2.45, 2.75) is 45.4 Å². The monoisotopic (exact) mass is 316 g/mol. The fraction of sp³-hybridized carbons (Fsp3) is 0.714. The van der Waals surface area contributed by atoms with E-state index >= 15 is 0 Å².